The first kappa shape index (κ1) is 15.9. The molecule has 122 valence electrons. The number of halogens is 1. The molecule has 1 aromatic carbocycles. The van der Waals surface area contributed by atoms with Crippen molar-refractivity contribution in [1.29, 1.82) is 0 Å². The average molecular weight is 346 g/mol. The van der Waals surface area contributed by atoms with E-state index in [4.69, 9.17) is 20.9 Å². The van der Waals surface area contributed by atoms with Crippen molar-refractivity contribution in [2.24, 2.45) is 0 Å². The van der Waals surface area contributed by atoms with Gasteiger partial charge in [0.2, 0.25) is 5.82 Å². The molecule has 0 radical (unpaired) electrons. The SMILES string of the molecule is C[C@H](OC(=O)c1ccc(Cl)cc1O)c1nc(-c2cccnc2)no1. The molecule has 0 aliphatic rings. The van der Waals surface area contributed by atoms with E-state index in [1.165, 1.54) is 18.2 Å². The maximum atomic E-state index is 12.1. The maximum Gasteiger partial charge on any atom is 0.342 e. The normalized spacial score (nSPS) is 11.9. The highest BCUT2D eigenvalue weighted by molar-refractivity contribution is 6.30. The molecule has 2 aromatic heterocycles. The number of rotatable bonds is 4. The van der Waals surface area contributed by atoms with Crippen LogP contribution in [-0.2, 0) is 4.74 Å². The van der Waals surface area contributed by atoms with Crippen molar-refractivity contribution in [2.75, 3.05) is 0 Å². The summed E-state index contributed by atoms with van der Waals surface area (Å²) in [5.74, 6) is -0.509. The zero-order valence-corrected chi connectivity index (χ0v) is 13.3. The molecule has 2 heterocycles. The highest BCUT2D eigenvalue weighted by atomic mass is 35.5. The number of hydrogen-bond donors (Lipinski definition) is 1. The molecule has 0 saturated carbocycles. The van der Waals surface area contributed by atoms with Crippen LogP contribution in [0.1, 0.15) is 29.3 Å². The van der Waals surface area contributed by atoms with Crippen LogP contribution in [0.15, 0.2) is 47.2 Å². The van der Waals surface area contributed by atoms with Gasteiger partial charge in [-0.25, -0.2) is 4.79 Å². The average Bonchev–Trinajstić information content (AvgIpc) is 3.05. The van der Waals surface area contributed by atoms with Gasteiger partial charge in [-0.05, 0) is 37.3 Å². The summed E-state index contributed by atoms with van der Waals surface area (Å²) in [6.45, 7) is 1.59. The first-order valence-electron chi connectivity index (χ1n) is 6.98. The monoisotopic (exact) mass is 345 g/mol. The summed E-state index contributed by atoms with van der Waals surface area (Å²) in [4.78, 5) is 20.3. The Hall–Kier alpha value is -2.93. The molecule has 0 fully saturated rings. The van der Waals surface area contributed by atoms with Crippen molar-refractivity contribution >= 4 is 17.6 Å². The molecule has 0 aliphatic heterocycles. The number of pyridine rings is 1. The Morgan fingerprint density at radius 1 is 1.38 bits per heavy atom. The number of esters is 1. The van der Waals surface area contributed by atoms with Gasteiger partial charge in [0, 0.05) is 23.0 Å². The fourth-order valence-electron chi connectivity index (χ4n) is 1.96. The van der Waals surface area contributed by atoms with E-state index in [0.29, 0.717) is 16.4 Å². The van der Waals surface area contributed by atoms with E-state index in [1.807, 2.05) is 0 Å². The van der Waals surface area contributed by atoms with Gasteiger partial charge in [0.05, 0.1) is 0 Å². The lowest BCUT2D eigenvalue weighted by Gasteiger charge is -2.10. The van der Waals surface area contributed by atoms with Crippen molar-refractivity contribution < 1.29 is 19.2 Å². The van der Waals surface area contributed by atoms with Crippen molar-refractivity contribution in [2.45, 2.75) is 13.0 Å². The molecule has 0 spiro atoms. The summed E-state index contributed by atoms with van der Waals surface area (Å²) in [6.07, 6.45) is 2.44. The Bertz CT molecular complexity index is 867. The summed E-state index contributed by atoms with van der Waals surface area (Å²) >= 11 is 5.73. The third kappa shape index (κ3) is 3.36. The zero-order valence-electron chi connectivity index (χ0n) is 12.5. The summed E-state index contributed by atoms with van der Waals surface area (Å²) < 4.78 is 10.4. The van der Waals surface area contributed by atoms with Crippen LogP contribution in [0.4, 0.5) is 0 Å². The van der Waals surface area contributed by atoms with E-state index in [2.05, 4.69) is 15.1 Å². The minimum atomic E-state index is -0.787. The first-order chi connectivity index (χ1) is 11.5. The van der Waals surface area contributed by atoms with Crippen LogP contribution in [0.5, 0.6) is 5.75 Å². The fraction of sp³-hybridized carbons (Fsp3) is 0.125. The first-order valence-corrected chi connectivity index (χ1v) is 7.36. The van der Waals surface area contributed by atoms with Gasteiger partial charge in [-0.1, -0.05) is 16.8 Å². The van der Waals surface area contributed by atoms with E-state index in [1.54, 1.807) is 31.5 Å². The number of benzene rings is 1. The largest absolute Gasteiger partial charge is 0.507 e. The summed E-state index contributed by atoms with van der Waals surface area (Å²) in [7, 11) is 0. The molecule has 1 atom stereocenters. The minimum absolute atomic E-state index is 0.00162. The lowest BCUT2D eigenvalue weighted by atomic mass is 10.2. The number of nitrogens with zero attached hydrogens (tertiary/aromatic N) is 3. The molecule has 8 heteroatoms. The van der Waals surface area contributed by atoms with Crippen LogP contribution in [0.25, 0.3) is 11.4 Å². The van der Waals surface area contributed by atoms with Gasteiger partial charge in [-0.15, -0.1) is 0 Å². The number of phenolic OH excluding ortho intramolecular Hbond substituents is 1. The Labute approximate surface area is 141 Å². The molecular weight excluding hydrogens is 334 g/mol. The Balaban J connectivity index is 1.74. The van der Waals surface area contributed by atoms with E-state index >= 15 is 0 Å². The Morgan fingerprint density at radius 3 is 2.92 bits per heavy atom. The molecular formula is C16H12ClN3O4. The van der Waals surface area contributed by atoms with Gasteiger partial charge in [0.1, 0.15) is 11.3 Å². The van der Waals surface area contributed by atoms with E-state index in [0.717, 1.165) is 0 Å². The second-order valence-electron chi connectivity index (χ2n) is 4.91. The molecule has 0 unspecified atom stereocenters. The second kappa shape index (κ2) is 6.67. The standard InChI is InChI=1S/C16H12ClN3O4/c1-9(23-16(22)12-5-4-11(17)7-13(12)21)15-19-14(20-24-15)10-3-2-6-18-8-10/h2-9,21H,1H3/t9-/m0/s1. The van der Waals surface area contributed by atoms with Crippen molar-refractivity contribution in [3.8, 4) is 17.1 Å². The third-order valence-corrected chi connectivity index (χ3v) is 3.41. The number of ether oxygens (including phenoxy) is 1. The van der Waals surface area contributed by atoms with Gasteiger partial charge < -0.3 is 14.4 Å². The highest BCUT2D eigenvalue weighted by Crippen LogP contribution is 2.25. The molecule has 7 nitrogen and oxygen atoms in total. The van der Waals surface area contributed by atoms with Crippen LogP contribution in [0.2, 0.25) is 5.02 Å². The number of carbonyl (C=O) groups excluding carboxylic acids is 1. The molecule has 1 N–H and O–H groups in total. The lowest BCUT2D eigenvalue weighted by molar-refractivity contribution is 0.0262. The Kier molecular flexibility index (Phi) is 4.43. The molecule has 3 rings (SSSR count). The predicted molar refractivity (Wildman–Crippen MR) is 84.5 cm³/mol. The van der Waals surface area contributed by atoms with E-state index in [-0.39, 0.29) is 17.2 Å². The quantitative estimate of drug-likeness (QED) is 0.723. The van der Waals surface area contributed by atoms with Gasteiger partial charge in [0.15, 0.2) is 6.10 Å². The lowest BCUT2D eigenvalue weighted by Crippen LogP contribution is -2.09. The van der Waals surface area contributed by atoms with Gasteiger partial charge in [-0.2, -0.15) is 4.98 Å². The van der Waals surface area contributed by atoms with Crippen LogP contribution in [0.3, 0.4) is 0 Å². The number of aromatic nitrogens is 3. The predicted octanol–water partition coefficient (Wildman–Crippen LogP) is 3.41. The van der Waals surface area contributed by atoms with Crippen LogP contribution < -0.4 is 0 Å². The third-order valence-electron chi connectivity index (χ3n) is 3.17. The topological polar surface area (TPSA) is 98.3 Å². The van der Waals surface area contributed by atoms with E-state index < -0.39 is 12.1 Å². The van der Waals surface area contributed by atoms with Crippen molar-refractivity contribution in [3.05, 3.63) is 59.2 Å². The number of hydrogen-bond acceptors (Lipinski definition) is 7. The van der Waals surface area contributed by atoms with Crippen LogP contribution >= 0.6 is 11.6 Å². The van der Waals surface area contributed by atoms with Crippen LogP contribution in [-0.4, -0.2) is 26.2 Å². The molecule has 0 amide bonds. The van der Waals surface area contributed by atoms with Crippen LogP contribution in [0, 0.1) is 0 Å². The fourth-order valence-corrected chi connectivity index (χ4v) is 2.13. The summed E-state index contributed by atoms with van der Waals surface area (Å²) in [6, 6.07) is 7.65. The van der Waals surface area contributed by atoms with Crippen molar-refractivity contribution in [1.82, 2.24) is 15.1 Å². The van der Waals surface area contributed by atoms with Gasteiger partial charge in [0.25, 0.3) is 5.89 Å². The Morgan fingerprint density at radius 2 is 2.21 bits per heavy atom. The van der Waals surface area contributed by atoms with Gasteiger partial charge >= 0.3 is 5.97 Å². The number of aromatic hydroxyl groups is 1. The second-order valence-corrected chi connectivity index (χ2v) is 5.34. The maximum absolute atomic E-state index is 12.1. The number of phenols is 1. The molecule has 0 aliphatic carbocycles. The van der Waals surface area contributed by atoms with Crippen molar-refractivity contribution in [3.63, 3.8) is 0 Å². The zero-order chi connectivity index (χ0) is 17.1. The summed E-state index contributed by atoms with van der Waals surface area (Å²) in [5.41, 5.74) is 0.680. The van der Waals surface area contributed by atoms with E-state index in [9.17, 15) is 9.90 Å². The molecule has 0 bridgehead atoms. The molecule has 0 saturated heterocycles. The molecule has 3 aromatic rings. The molecule has 24 heavy (non-hydrogen) atoms. The summed E-state index contributed by atoms with van der Waals surface area (Å²) in [5, 5.41) is 13.9. The van der Waals surface area contributed by atoms with Gasteiger partial charge in [-0.3, -0.25) is 4.98 Å². The number of carbonyl (C=O) groups is 1. The highest BCUT2D eigenvalue weighted by Gasteiger charge is 2.22. The minimum Gasteiger partial charge on any atom is -0.507 e. The smallest absolute Gasteiger partial charge is 0.342 e.